The fourth-order valence-electron chi connectivity index (χ4n) is 1.32. The minimum Gasteiger partial charge on any atom is -0.313 e. The summed E-state index contributed by atoms with van der Waals surface area (Å²) < 4.78 is 0. The average molecular weight is 211 g/mol. The zero-order valence-corrected chi connectivity index (χ0v) is 10.4. The molecule has 0 bridgehead atoms. The zero-order chi connectivity index (χ0) is 10.6. The molecule has 0 radical (unpaired) electrons. The summed E-state index contributed by atoms with van der Waals surface area (Å²) in [6, 6.07) is 4.97. The first kappa shape index (κ1) is 11.7. The highest BCUT2D eigenvalue weighted by Crippen LogP contribution is 2.26. The molecule has 0 aromatic carbocycles. The largest absolute Gasteiger partial charge is 0.313 e. The maximum Gasteiger partial charge on any atom is 0.0115 e. The van der Waals surface area contributed by atoms with Crippen molar-refractivity contribution in [3.8, 4) is 0 Å². The molecular weight excluding hydrogens is 190 g/mol. The van der Waals surface area contributed by atoms with Gasteiger partial charge in [-0.2, -0.15) is 0 Å². The molecule has 1 aromatic rings. The molecule has 80 valence electrons. The highest BCUT2D eigenvalue weighted by molar-refractivity contribution is 7.10. The van der Waals surface area contributed by atoms with Crippen molar-refractivity contribution in [3.63, 3.8) is 0 Å². The first-order valence-corrected chi connectivity index (χ1v) is 6.21. The quantitative estimate of drug-likeness (QED) is 0.787. The Bertz CT molecular complexity index is 251. The monoisotopic (exact) mass is 211 g/mol. The van der Waals surface area contributed by atoms with Crippen molar-refractivity contribution in [2.24, 2.45) is 0 Å². The molecule has 1 heterocycles. The Labute approximate surface area is 91.5 Å². The van der Waals surface area contributed by atoms with E-state index in [2.05, 4.69) is 50.5 Å². The van der Waals surface area contributed by atoms with Crippen LogP contribution in [0.3, 0.4) is 0 Å². The molecule has 1 unspecified atom stereocenters. The van der Waals surface area contributed by atoms with Gasteiger partial charge in [-0.05, 0) is 24.8 Å². The molecule has 0 aliphatic carbocycles. The van der Waals surface area contributed by atoms with Gasteiger partial charge in [0, 0.05) is 22.9 Å². The third-order valence-corrected chi connectivity index (χ3v) is 3.93. The van der Waals surface area contributed by atoms with Crippen LogP contribution < -0.4 is 5.32 Å². The summed E-state index contributed by atoms with van der Waals surface area (Å²) >= 11 is 1.85. The van der Waals surface area contributed by atoms with Gasteiger partial charge in [0.05, 0.1) is 0 Å². The molecule has 0 saturated heterocycles. The Morgan fingerprint density at radius 3 is 2.71 bits per heavy atom. The Balaban J connectivity index is 2.50. The van der Waals surface area contributed by atoms with Crippen LogP contribution in [0.2, 0.25) is 0 Å². The Morgan fingerprint density at radius 1 is 1.50 bits per heavy atom. The molecule has 0 amide bonds. The van der Waals surface area contributed by atoms with E-state index >= 15 is 0 Å². The summed E-state index contributed by atoms with van der Waals surface area (Å²) in [7, 11) is 0. The average Bonchev–Trinajstić information content (AvgIpc) is 2.67. The fourth-order valence-corrected chi connectivity index (χ4v) is 2.18. The maximum absolute atomic E-state index is 3.57. The van der Waals surface area contributed by atoms with E-state index in [1.54, 1.807) is 0 Å². The van der Waals surface area contributed by atoms with Crippen LogP contribution in [-0.4, -0.2) is 12.6 Å². The Hall–Kier alpha value is -0.340. The van der Waals surface area contributed by atoms with E-state index in [-0.39, 0.29) is 5.41 Å². The molecular formula is C12H21NS. The molecule has 0 aliphatic rings. The fraction of sp³-hybridized carbons (Fsp3) is 0.667. The first-order valence-electron chi connectivity index (χ1n) is 5.33. The summed E-state index contributed by atoms with van der Waals surface area (Å²) in [5.74, 6) is 0. The van der Waals surface area contributed by atoms with E-state index in [0.29, 0.717) is 6.04 Å². The van der Waals surface area contributed by atoms with E-state index in [4.69, 9.17) is 0 Å². The van der Waals surface area contributed by atoms with Gasteiger partial charge in [-0.1, -0.05) is 26.8 Å². The number of hydrogen-bond acceptors (Lipinski definition) is 2. The van der Waals surface area contributed by atoms with Crippen LogP contribution >= 0.6 is 11.3 Å². The van der Waals surface area contributed by atoms with E-state index in [9.17, 15) is 0 Å². The Kier molecular flexibility index (Phi) is 4.14. The van der Waals surface area contributed by atoms with Crippen LogP contribution in [0.5, 0.6) is 0 Å². The van der Waals surface area contributed by atoms with Gasteiger partial charge in [0.1, 0.15) is 0 Å². The highest BCUT2D eigenvalue weighted by Gasteiger charge is 2.21. The lowest BCUT2D eigenvalue weighted by Crippen LogP contribution is -2.37. The first-order chi connectivity index (χ1) is 6.56. The second-order valence-electron chi connectivity index (χ2n) is 4.55. The normalized spacial score (nSPS) is 14.3. The summed E-state index contributed by atoms with van der Waals surface area (Å²) in [4.78, 5) is 1.47. The SMILES string of the molecule is CCC(C)NCC(C)(C)c1cccs1. The van der Waals surface area contributed by atoms with Crippen molar-refractivity contribution in [2.75, 3.05) is 6.54 Å². The number of rotatable bonds is 5. The van der Waals surface area contributed by atoms with Crippen LogP contribution in [0.25, 0.3) is 0 Å². The molecule has 1 nitrogen and oxygen atoms in total. The second kappa shape index (κ2) is 4.94. The third-order valence-electron chi connectivity index (χ3n) is 2.69. The molecule has 14 heavy (non-hydrogen) atoms. The van der Waals surface area contributed by atoms with Gasteiger partial charge in [0.15, 0.2) is 0 Å². The molecule has 1 atom stereocenters. The maximum atomic E-state index is 3.57. The van der Waals surface area contributed by atoms with E-state index < -0.39 is 0 Å². The summed E-state index contributed by atoms with van der Waals surface area (Å²) in [5.41, 5.74) is 0.262. The molecule has 0 fully saturated rings. The second-order valence-corrected chi connectivity index (χ2v) is 5.50. The molecule has 0 saturated carbocycles. The predicted molar refractivity (Wildman–Crippen MR) is 65.1 cm³/mol. The van der Waals surface area contributed by atoms with Crippen LogP contribution in [0.1, 0.15) is 39.0 Å². The zero-order valence-electron chi connectivity index (χ0n) is 9.63. The van der Waals surface area contributed by atoms with Crippen molar-refractivity contribution >= 4 is 11.3 Å². The minimum absolute atomic E-state index is 0.262. The van der Waals surface area contributed by atoms with Crippen LogP contribution in [0.15, 0.2) is 17.5 Å². The van der Waals surface area contributed by atoms with Gasteiger partial charge < -0.3 is 5.32 Å². The summed E-state index contributed by atoms with van der Waals surface area (Å²) in [5, 5.41) is 5.72. The number of thiophene rings is 1. The smallest absolute Gasteiger partial charge is 0.0115 e. The summed E-state index contributed by atoms with van der Waals surface area (Å²) in [6.45, 7) is 10.1. The molecule has 1 aromatic heterocycles. The number of hydrogen-bond donors (Lipinski definition) is 1. The van der Waals surface area contributed by atoms with E-state index in [1.165, 1.54) is 11.3 Å². The van der Waals surface area contributed by atoms with Gasteiger partial charge >= 0.3 is 0 Å². The molecule has 1 N–H and O–H groups in total. The summed E-state index contributed by atoms with van der Waals surface area (Å²) in [6.07, 6.45) is 1.19. The van der Waals surface area contributed by atoms with Gasteiger partial charge in [0.2, 0.25) is 0 Å². The number of nitrogens with one attached hydrogen (secondary N) is 1. The molecule has 0 aliphatic heterocycles. The van der Waals surface area contributed by atoms with Crippen LogP contribution in [0, 0.1) is 0 Å². The van der Waals surface area contributed by atoms with E-state index in [1.807, 2.05) is 11.3 Å². The van der Waals surface area contributed by atoms with Crippen molar-refractivity contribution < 1.29 is 0 Å². The Morgan fingerprint density at radius 2 is 2.21 bits per heavy atom. The minimum atomic E-state index is 0.262. The predicted octanol–water partition coefficient (Wildman–Crippen LogP) is 3.41. The standard InChI is InChI=1S/C12H21NS/c1-5-10(2)13-9-12(3,4)11-7-6-8-14-11/h6-8,10,13H,5,9H2,1-4H3. The highest BCUT2D eigenvalue weighted by atomic mass is 32.1. The van der Waals surface area contributed by atoms with Crippen LogP contribution in [0.4, 0.5) is 0 Å². The molecule has 2 heteroatoms. The van der Waals surface area contributed by atoms with E-state index in [0.717, 1.165) is 6.54 Å². The van der Waals surface area contributed by atoms with Crippen molar-refractivity contribution in [3.05, 3.63) is 22.4 Å². The van der Waals surface area contributed by atoms with Crippen molar-refractivity contribution in [1.82, 2.24) is 5.32 Å². The van der Waals surface area contributed by atoms with Gasteiger partial charge in [-0.25, -0.2) is 0 Å². The topological polar surface area (TPSA) is 12.0 Å². The van der Waals surface area contributed by atoms with Gasteiger partial charge in [0.25, 0.3) is 0 Å². The van der Waals surface area contributed by atoms with Crippen molar-refractivity contribution in [2.45, 2.75) is 45.6 Å². The van der Waals surface area contributed by atoms with Crippen molar-refractivity contribution in [1.29, 1.82) is 0 Å². The molecule has 0 spiro atoms. The lowest BCUT2D eigenvalue weighted by Gasteiger charge is -2.25. The lowest BCUT2D eigenvalue weighted by atomic mass is 9.91. The van der Waals surface area contributed by atoms with Gasteiger partial charge in [-0.3, -0.25) is 0 Å². The third kappa shape index (κ3) is 3.10. The molecule has 1 rings (SSSR count). The van der Waals surface area contributed by atoms with Gasteiger partial charge in [-0.15, -0.1) is 11.3 Å². The van der Waals surface area contributed by atoms with Crippen LogP contribution in [-0.2, 0) is 5.41 Å². The lowest BCUT2D eigenvalue weighted by molar-refractivity contribution is 0.429.